The number of hydrogen-bond donors (Lipinski definition) is 0. The highest BCUT2D eigenvalue weighted by atomic mass is 15.2. The lowest BCUT2D eigenvalue weighted by Crippen LogP contribution is -2.35. The van der Waals surface area contributed by atoms with Crippen molar-refractivity contribution >= 4 is 5.69 Å². The molecular weight excluding hydrogens is 278 g/mol. The summed E-state index contributed by atoms with van der Waals surface area (Å²) in [6.45, 7) is 8.16. The molecule has 0 unspecified atom stereocenters. The summed E-state index contributed by atoms with van der Waals surface area (Å²) < 4.78 is 0. The lowest BCUT2D eigenvalue weighted by molar-refractivity contribution is 0.626. The molecule has 1 heterocycles. The highest BCUT2D eigenvalue weighted by Gasteiger charge is 2.38. The third kappa shape index (κ3) is 2.56. The summed E-state index contributed by atoms with van der Waals surface area (Å²) in [7, 11) is 0. The Morgan fingerprint density at radius 3 is 2.39 bits per heavy atom. The first-order valence-electron chi connectivity index (χ1n) is 9.08. The molecule has 1 heteroatoms. The third-order valence-electron chi connectivity index (χ3n) is 5.80. The van der Waals surface area contributed by atoms with Crippen LogP contribution >= 0.6 is 0 Å². The van der Waals surface area contributed by atoms with Gasteiger partial charge in [-0.3, -0.25) is 0 Å². The standard InChI is InChI=1S/C22H27N/c1-16(2)23-15-5-7-20-19(6-4-8-21(20)23)17-9-11-18(12-10-17)22(3)13-14-22/h4,6,8-12,16H,5,7,13-15H2,1-3H3. The van der Waals surface area contributed by atoms with Crippen molar-refractivity contribution in [3.8, 4) is 11.1 Å². The lowest BCUT2D eigenvalue weighted by atomic mass is 9.90. The Bertz CT molecular complexity index is 707. The van der Waals surface area contributed by atoms with Crippen molar-refractivity contribution in [1.82, 2.24) is 0 Å². The van der Waals surface area contributed by atoms with Crippen molar-refractivity contribution in [3.05, 3.63) is 53.6 Å². The zero-order valence-electron chi connectivity index (χ0n) is 14.6. The molecule has 2 aromatic rings. The van der Waals surface area contributed by atoms with Crippen LogP contribution in [0.2, 0.25) is 0 Å². The van der Waals surface area contributed by atoms with Crippen LogP contribution in [0.25, 0.3) is 11.1 Å². The first kappa shape index (κ1) is 14.8. The Hall–Kier alpha value is -1.76. The summed E-state index contributed by atoms with van der Waals surface area (Å²) >= 11 is 0. The minimum absolute atomic E-state index is 0.461. The van der Waals surface area contributed by atoms with E-state index in [-0.39, 0.29) is 0 Å². The van der Waals surface area contributed by atoms with Gasteiger partial charge in [0.2, 0.25) is 0 Å². The van der Waals surface area contributed by atoms with Gasteiger partial charge in [-0.05, 0) is 73.3 Å². The van der Waals surface area contributed by atoms with Gasteiger partial charge in [-0.1, -0.05) is 43.3 Å². The fourth-order valence-electron chi connectivity index (χ4n) is 3.99. The fourth-order valence-corrected chi connectivity index (χ4v) is 3.99. The average molecular weight is 305 g/mol. The van der Waals surface area contributed by atoms with Crippen molar-refractivity contribution in [3.63, 3.8) is 0 Å². The van der Waals surface area contributed by atoms with Crippen LogP contribution in [-0.4, -0.2) is 12.6 Å². The van der Waals surface area contributed by atoms with Crippen LogP contribution in [0.15, 0.2) is 42.5 Å². The molecule has 0 spiro atoms. The van der Waals surface area contributed by atoms with Gasteiger partial charge in [-0.25, -0.2) is 0 Å². The summed E-state index contributed by atoms with van der Waals surface area (Å²) in [5, 5.41) is 0. The minimum atomic E-state index is 0.461. The summed E-state index contributed by atoms with van der Waals surface area (Å²) in [6.07, 6.45) is 5.15. The van der Waals surface area contributed by atoms with Crippen LogP contribution in [0.5, 0.6) is 0 Å². The highest BCUT2D eigenvalue weighted by molar-refractivity contribution is 5.75. The number of rotatable bonds is 3. The van der Waals surface area contributed by atoms with Gasteiger partial charge in [0.25, 0.3) is 0 Å². The predicted octanol–water partition coefficient (Wildman–Crippen LogP) is 5.57. The van der Waals surface area contributed by atoms with Crippen LogP contribution in [0, 0.1) is 0 Å². The number of anilines is 1. The third-order valence-corrected chi connectivity index (χ3v) is 5.80. The Balaban J connectivity index is 1.73. The molecule has 120 valence electrons. The van der Waals surface area contributed by atoms with E-state index >= 15 is 0 Å². The SMILES string of the molecule is CC(C)N1CCCc2c(-c3ccc(C4(C)CC4)cc3)cccc21. The summed E-state index contributed by atoms with van der Waals surface area (Å²) in [4.78, 5) is 2.56. The minimum Gasteiger partial charge on any atom is -0.369 e. The summed E-state index contributed by atoms with van der Waals surface area (Å²) in [5.74, 6) is 0. The maximum atomic E-state index is 2.56. The molecule has 2 aliphatic rings. The van der Waals surface area contributed by atoms with Gasteiger partial charge in [0.05, 0.1) is 0 Å². The van der Waals surface area contributed by atoms with E-state index in [4.69, 9.17) is 0 Å². The van der Waals surface area contributed by atoms with Crippen LogP contribution < -0.4 is 4.90 Å². The van der Waals surface area contributed by atoms with Crippen molar-refractivity contribution < 1.29 is 0 Å². The second-order valence-electron chi connectivity index (χ2n) is 7.83. The molecular formula is C22H27N. The van der Waals surface area contributed by atoms with Crippen LogP contribution in [0.1, 0.15) is 51.2 Å². The largest absolute Gasteiger partial charge is 0.369 e. The van der Waals surface area contributed by atoms with E-state index in [0.717, 1.165) is 0 Å². The molecule has 1 nitrogen and oxygen atoms in total. The number of benzene rings is 2. The molecule has 0 bridgehead atoms. The van der Waals surface area contributed by atoms with E-state index in [1.54, 1.807) is 0 Å². The normalized spacial score (nSPS) is 18.9. The number of nitrogens with zero attached hydrogens (tertiary/aromatic N) is 1. The molecule has 23 heavy (non-hydrogen) atoms. The van der Waals surface area contributed by atoms with E-state index in [9.17, 15) is 0 Å². The van der Waals surface area contributed by atoms with E-state index in [1.165, 1.54) is 60.2 Å². The van der Waals surface area contributed by atoms with E-state index < -0.39 is 0 Å². The van der Waals surface area contributed by atoms with Gasteiger partial charge in [-0.15, -0.1) is 0 Å². The molecule has 0 aromatic heterocycles. The Morgan fingerprint density at radius 2 is 1.74 bits per heavy atom. The Morgan fingerprint density at radius 1 is 1.00 bits per heavy atom. The highest BCUT2D eigenvalue weighted by Crippen LogP contribution is 2.48. The molecule has 1 aliphatic carbocycles. The molecule has 0 amide bonds. The zero-order valence-corrected chi connectivity index (χ0v) is 14.6. The number of hydrogen-bond acceptors (Lipinski definition) is 1. The van der Waals surface area contributed by atoms with Crippen LogP contribution in [0.4, 0.5) is 5.69 Å². The quantitative estimate of drug-likeness (QED) is 0.717. The van der Waals surface area contributed by atoms with Crippen molar-refractivity contribution in [2.75, 3.05) is 11.4 Å². The molecule has 1 saturated carbocycles. The van der Waals surface area contributed by atoms with E-state index in [1.807, 2.05) is 0 Å². The van der Waals surface area contributed by atoms with Gasteiger partial charge >= 0.3 is 0 Å². The van der Waals surface area contributed by atoms with Gasteiger partial charge in [0.15, 0.2) is 0 Å². The smallest absolute Gasteiger partial charge is 0.0407 e. The second-order valence-corrected chi connectivity index (χ2v) is 7.83. The fraction of sp³-hybridized carbons (Fsp3) is 0.455. The van der Waals surface area contributed by atoms with Gasteiger partial charge in [0, 0.05) is 18.3 Å². The Labute approximate surface area is 140 Å². The summed E-state index contributed by atoms with van der Waals surface area (Å²) in [6, 6.07) is 16.8. The molecule has 0 atom stereocenters. The van der Waals surface area contributed by atoms with Crippen molar-refractivity contribution in [1.29, 1.82) is 0 Å². The molecule has 2 aromatic carbocycles. The topological polar surface area (TPSA) is 3.24 Å². The van der Waals surface area contributed by atoms with Gasteiger partial charge in [-0.2, -0.15) is 0 Å². The van der Waals surface area contributed by atoms with Crippen LogP contribution in [-0.2, 0) is 11.8 Å². The maximum absolute atomic E-state index is 2.56. The van der Waals surface area contributed by atoms with Crippen LogP contribution in [0.3, 0.4) is 0 Å². The lowest BCUT2D eigenvalue weighted by Gasteiger charge is -2.35. The van der Waals surface area contributed by atoms with E-state index in [2.05, 4.69) is 68.1 Å². The maximum Gasteiger partial charge on any atom is 0.0407 e. The van der Waals surface area contributed by atoms with Gasteiger partial charge in [0.1, 0.15) is 0 Å². The zero-order chi connectivity index (χ0) is 16.0. The van der Waals surface area contributed by atoms with E-state index in [0.29, 0.717) is 11.5 Å². The number of fused-ring (bicyclic) bond motifs is 1. The van der Waals surface area contributed by atoms with Gasteiger partial charge < -0.3 is 4.90 Å². The van der Waals surface area contributed by atoms with Crippen molar-refractivity contribution in [2.24, 2.45) is 0 Å². The molecule has 0 radical (unpaired) electrons. The predicted molar refractivity (Wildman–Crippen MR) is 99.3 cm³/mol. The molecule has 1 fully saturated rings. The first-order valence-corrected chi connectivity index (χ1v) is 9.08. The second kappa shape index (κ2) is 5.40. The van der Waals surface area contributed by atoms with Crippen molar-refractivity contribution in [2.45, 2.75) is 57.9 Å². The molecule has 1 aliphatic heterocycles. The average Bonchev–Trinajstić information content (AvgIpc) is 3.32. The Kier molecular flexibility index (Phi) is 3.48. The first-order chi connectivity index (χ1) is 11.1. The monoisotopic (exact) mass is 305 g/mol. The molecule has 4 rings (SSSR count). The molecule has 0 saturated heterocycles. The summed E-state index contributed by atoms with van der Waals surface area (Å²) in [5.41, 5.74) is 7.76. The molecule has 0 N–H and O–H groups in total.